The second kappa shape index (κ2) is 8.41. The summed E-state index contributed by atoms with van der Waals surface area (Å²) in [6.07, 6.45) is 2.48. The standard InChI is InChI=1S/C23H24N4.BrH/c1-2-4-18(5-3-1)19-6-8-20(9-7-19)22-10-11-23(25-24-22)27-17-16-26-14-12-21(27)13-15-26;/h1-11,21H,12-17H2;1H. The number of aromatic nitrogens is 2. The maximum Gasteiger partial charge on any atom is 0.151 e. The molecule has 3 aliphatic rings. The van der Waals surface area contributed by atoms with E-state index in [-0.39, 0.29) is 17.0 Å². The largest absolute Gasteiger partial charge is 0.351 e. The number of fused-ring (bicyclic) bond motifs is 4. The molecule has 5 heteroatoms. The van der Waals surface area contributed by atoms with Crippen LogP contribution in [0.2, 0.25) is 0 Å². The van der Waals surface area contributed by atoms with E-state index in [4.69, 9.17) is 0 Å². The van der Waals surface area contributed by atoms with E-state index in [9.17, 15) is 0 Å². The van der Waals surface area contributed by atoms with Gasteiger partial charge in [-0.1, -0.05) is 54.6 Å². The molecule has 144 valence electrons. The van der Waals surface area contributed by atoms with Crippen molar-refractivity contribution in [1.29, 1.82) is 0 Å². The molecule has 3 fully saturated rings. The zero-order valence-corrected chi connectivity index (χ0v) is 17.6. The highest BCUT2D eigenvalue weighted by atomic mass is 79.9. The van der Waals surface area contributed by atoms with Gasteiger partial charge in [-0.15, -0.1) is 27.2 Å². The molecule has 1 aromatic heterocycles. The van der Waals surface area contributed by atoms with Crippen LogP contribution in [0, 0.1) is 0 Å². The van der Waals surface area contributed by atoms with E-state index in [0.29, 0.717) is 6.04 Å². The summed E-state index contributed by atoms with van der Waals surface area (Å²) >= 11 is 0. The van der Waals surface area contributed by atoms with Gasteiger partial charge in [0, 0.05) is 37.8 Å². The third-order valence-corrected chi connectivity index (χ3v) is 5.89. The minimum Gasteiger partial charge on any atom is -0.351 e. The van der Waals surface area contributed by atoms with Crippen LogP contribution in [-0.2, 0) is 0 Å². The normalized spacial score (nSPS) is 21.1. The molecule has 0 radical (unpaired) electrons. The fraction of sp³-hybridized carbons (Fsp3) is 0.304. The molecule has 0 atom stereocenters. The second-order valence-corrected chi connectivity index (χ2v) is 7.49. The van der Waals surface area contributed by atoms with E-state index < -0.39 is 0 Å². The van der Waals surface area contributed by atoms with Crippen LogP contribution in [-0.4, -0.2) is 47.3 Å². The topological polar surface area (TPSA) is 32.3 Å². The Morgan fingerprint density at radius 3 is 2.00 bits per heavy atom. The number of hydrogen-bond donors (Lipinski definition) is 0. The lowest BCUT2D eigenvalue weighted by atomic mass is 10.0. The molecule has 0 spiro atoms. The SMILES string of the molecule is Br.c1ccc(-c2ccc(-c3ccc(N4CCN5CCC4CC5)nn3)cc2)cc1. The quantitative estimate of drug-likeness (QED) is 0.596. The number of halogens is 1. The van der Waals surface area contributed by atoms with Gasteiger partial charge >= 0.3 is 0 Å². The molecule has 0 aliphatic carbocycles. The molecule has 2 aromatic carbocycles. The third kappa shape index (κ3) is 3.82. The molecule has 0 N–H and O–H groups in total. The molecule has 6 rings (SSSR count). The highest BCUT2D eigenvalue weighted by Gasteiger charge is 2.29. The molecule has 0 saturated carbocycles. The fourth-order valence-electron chi connectivity index (χ4n) is 4.28. The van der Waals surface area contributed by atoms with Crippen LogP contribution in [0.25, 0.3) is 22.4 Å². The third-order valence-electron chi connectivity index (χ3n) is 5.89. The van der Waals surface area contributed by atoms with Crippen LogP contribution in [0.5, 0.6) is 0 Å². The van der Waals surface area contributed by atoms with E-state index in [2.05, 4.69) is 80.7 Å². The second-order valence-electron chi connectivity index (χ2n) is 7.49. The smallest absolute Gasteiger partial charge is 0.151 e. The maximum absolute atomic E-state index is 4.58. The van der Waals surface area contributed by atoms with Gasteiger partial charge in [-0.2, -0.15) is 0 Å². The molecule has 3 aromatic rings. The van der Waals surface area contributed by atoms with E-state index in [0.717, 1.165) is 30.2 Å². The summed E-state index contributed by atoms with van der Waals surface area (Å²) < 4.78 is 0. The van der Waals surface area contributed by atoms with Gasteiger partial charge in [-0.05, 0) is 36.1 Å². The Balaban J connectivity index is 0.00000192. The van der Waals surface area contributed by atoms with Crippen LogP contribution < -0.4 is 4.90 Å². The number of anilines is 1. The van der Waals surface area contributed by atoms with Crippen molar-refractivity contribution in [3.05, 3.63) is 66.7 Å². The number of nitrogens with zero attached hydrogens (tertiary/aromatic N) is 4. The number of hydrogen-bond acceptors (Lipinski definition) is 4. The highest BCUT2D eigenvalue weighted by Crippen LogP contribution is 2.27. The van der Waals surface area contributed by atoms with Crippen molar-refractivity contribution in [3.63, 3.8) is 0 Å². The first-order chi connectivity index (χ1) is 13.4. The first-order valence-electron chi connectivity index (χ1n) is 9.85. The van der Waals surface area contributed by atoms with E-state index in [1.807, 2.05) is 6.07 Å². The van der Waals surface area contributed by atoms with Gasteiger partial charge in [-0.25, -0.2) is 0 Å². The van der Waals surface area contributed by atoms with Crippen LogP contribution in [0.4, 0.5) is 5.82 Å². The fourth-order valence-corrected chi connectivity index (χ4v) is 4.28. The predicted molar refractivity (Wildman–Crippen MR) is 120 cm³/mol. The summed E-state index contributed by atoms with van der Waals surface area (Å²) in [4.78, 5) is 5.02. The summed E-state index contributed by atoms with van der Waals surface area (Å²) in [7, 11) is 0. The zero-order chi connectivity index (χ0) is 18.1. The number of rotatable bonds is 3. The van der Waals surface area contributed by atoms with Gasteiger partial charge in [-0.3, -0.25) is 0 Å². The molecule has 0 unspecified atom stereocenters. The minimum absolute atomic E-state index is 0. The summed E-state index contributed by atoms with van der Waals surface area (Å²) in [5, 5.41) is 9.11. The van der Waals surface area contributed by atoms with Crippen LogP contribution in [0.15, 0.2) is 66.7 Å². The molecule has 4 nitrogen and oxygen atoms in total. The van der Waals surface area contributed by atoms with Crippen molar-refractivity contribution in [1.82, 2.24) is 15.1 Å². The first kappa shape index (κ1) is 19.1. The molecule has 3 aliphatic heterocycles. The summed E-state index contributed by atoms with van der Waals surface area (Å²) in [6, 6.07) is 23.9. The van der Waals surface area contributed by atoms with Crippen molar-refractivity contribution >= 4 is 22.8 Å². The van der Waals surface area contributed by atoms with E-state index >= 15 is 0 Å². The number of piperidine rings is 1. The average molecular weight is 437 g/mol. The van der Waals surface area contributed by atoms with E-state index in [1.54, 1.807) is 0 Å². The Bertz CT molecular complexity index is 888. The van der Waals surface area contributed by atoms with Crippen molar-refractivity contribution in [2.45, 2.75) is 18.9 Å². The molecule has 3 saturated heterocycles. The van der Waals surface area contributed by atoms with Crippen molar-refractivity contribution < 1.29 is 0 Å². The lowest BCUT2D eigenvalue weighted by Crippen LogP contribution is -2.38. The van der Waals surface area contributed by atoms with Gasteiger partial charge < -0.3 is 9.80 Å². The molecule has 28 heavy (non-hydrogen) atoms. The zero-order valence-electron chi connectivity index (χ0n) is 15.9. The van der Waals surface area contributed by atoms with Gasteiger partial charge in [0.05, 0.1) is 5.69 Å². The lowest BCUT2D eigenvalue weighted by Gasteiger charge is -2.31. The summed E-state index contributed by atoms with van der Waals surface area (Å²) in [6.45, 7) is 4.65. The Labute approximate surface area is 177 Å². The van der Waals surface area contributed by atoms with Gasteiger partial charge in [0.25, 0.3) is 0 Å². The van der Waals surface area contributed by atoms with Crippen molar-refractivity contribution in [2.75, 3.05) is 31.1 Å². The summed E-state index contributed by atoms with van der Waals surface area (Å²) in [5.74, 6) is 1.02. The first-order valence-corrected chi connectivity index (χ1v) is 9.85. The minimum atomic E-state index is 0. The summed E-state index contributed by atoms with van der Waals surface area (Å²) in [5.41, 5.74) is 4.49. The van der Waals surface area contributed by atoms with Gasteiger partial charge in [0.2, 0.25) is 0 Å². The Morgan fingerprint density at radius 2 is 1.32 bits per heavy atom. The van der Waals surface area contributed by atoms with Crippen LogP contribution in [0.1, 0.15) is 12.8 Å². The predicted octanol–water partition coefficient (Wildman–Crippen LogP) is 4.67. The Kier molecular flexibility index (Phi) is 5.74. The van der Waals surface area contributed by atoms with Gasteiger partial charge in [0.1, 0.15) is 0 Å². The Hall–Kier alpha value is -2.24. The van der Waals surface area contributed by atoms with Crippen LogP contribution in [0.3, 0.4) is 0 Å². The van der Waals surface area contributed by atoms with Crippen molar-refractivity contribution in [2.24, 2.45) is 0 Å². The van der Waals surface area contributed by atoms with Crippen molar-refractivity contribution in [3.8, 4) is 22.4 Å². The molecular weight excluding hydrogens is 412 g/mol. The number of benzene rings is 2. The highest BCUT2D eigenvalue weighted by molar-refractivity contribution is 8.93. The van der Waals surface area contributed by atoms with E-state index in [1.165, 1.54) is 37.1 Å². The monoisotopic (exact) mass is 436 g/mol. The van der Waals surface area contributed by atoms with Gasteiger partial charge in [0.15, 0.2) is 5.82 Å². The molecule has 2 bridgehead atoms. The molecule has 4 heterocycles. The van der Waals surface area contributed by atoms with Crippen LogP contribution >= 0.6 is 17.0 Å². The molecule has 0 amide bonds. The lowest BCUT2D eigenvalue weighted by molar-refractivity contribution is 0.250. The average Bonchev–Trinajstić information content (AvgIpc) is 3.09. The Morgan fingerprint density at radius 1 is 0.643 bits per heavy atom. The maximum atomic E-state index is 4.58. The molecular formula is C23H25BrN4.